The molecular weight excluding hydrogens is 389 g/mol. The Hall–Kier alpha value is -3.88. The van der Waals surface area contributed by atoms with Gasteiger partial charge >= 0.3 is 0 Å². The second kappa shape index (κ2) is 6.87. The molecule has 8 nitrogen and oxygen atoms in total. The highest BCUT2D eigenvalue weighted by molar-refractivity contribution is 6.25. The van der Waals surface area contributed by atoms with Crippen LogP contribution in [0.1, 0.15) is 11.5 Å². The average Bonchev–Trinajstić information content (AvgIpc) is 3.40. The lowest BCUT2D eigenvalue weighted by Crippen LogP contribution is -2.39. The van der Waals surface area contributed by atoms with Crippen LogP contribution in [0.5, 0.6) is 0 Å². The van der Waals surface area contributed by atoms with Gasteiger partial charge in [0.25, 0.3) is 11.8 Å². The van der Waals surface area contributed by atoms with E-state index in [-0.39, 0.29) is 6.54 Å². The molecule has 0 bridgehead atoms. The van der Waals surface area contributed by atoms with Gasteiger partial charge in [-0.2, -0.15) is 5.11 Å². The van der Waals surface area contributed by atoms with Crippen molar-refractivity contribution in [2.75, 3.05) is 4.90 Å². The van der Waals surface area contributed by atoms with Crippen LogP contribution in [-0.4, -0.2) is 33.9 Å². The summed E-state index contributed by atoms with van der Waals surface area (Å²) >= 11 is 0. The summed E-state index contributed by atoms with van der Waals surface area (Å²) in [6, 6.07) is 12.9. The maximum Gasteiger partial charge on any atom is 0.263 e. The number of rotatable bonds is 4. The molecule has 2 aliphatic heterocycles. The number of carbonyl (C=O) groups excluding carboxylic acids is 2. The van der Waals surface area contributed by atoms with Crippen molar-refractivity contribution in [1.29, 1.82) is 0 Å². The van der Waals surface area contributed by atoms with E-state index in [1.807, 2.05) is 30.3 Å². The lowest BCUT2D eigenvalue weighted by Gasteiger charge is -2.19. The molecule has 5 rings (SSSR count). The normalized spacial score (nSPS) is 20.3. The Bertz CT molecular complexity index is 1160. The molecule has 3 heterocycles. The number of aromatic nitrogens is 1. The highest BCUT2D eigenvalue weighted by Gasteiger charge is 2.54. The molecule has 2 amide bonds. The van der Waals surface area contributed by atoms with Gasteiger partial charge in [-0.25, -0.2) is 14.3 Å². The molecule has 1 saturated heterocycles. The standard InChI is InChI=1S/C21H16FN5O3/c1-12-16(23-19(30-12)13-5-3-2-4-6-13)11-26-18-17(24-25-26)20(28)27(21(18)29)15-9-7-14(22)8-10-15/h2-10,17-18H,11H2,1H3/t17-,18+/m1/s1. The number of nitrogens with zero attached hydrogens (tertiary/aromatic N) is 5. The van der Waals surface area contributed by atoms with Gasteiger partial charge in [-0.1, -0.05) is 23.4 Å². The van der Waals surface area contributed by atoms with Crippen LogP contribution in [0.4, 0.5) is 10.1 Å². The van der Waals surface area contributed by atoms with E-state index in [2.05, 4.69) is 15.3 Å². The Morgan fingerprint density at radius 1 is 1.03 bits per heavy atom. The van der Waals surface area contributed by atoms with Crippen molar-refractivity contribution in [2.24, 2.45) is 10.3 Å². The van der Waals surface area contributed by atoms with Crippen molar-refractivity contribution in [1.82, 2.24) is 9.99 Å². The van der Waals surface area contributed by atoms with Crippen LogP contribution < -0.4 is 4.90 Å². The summed E-state index contributed by atoms with van der Waals surface area (Å²) in [5.74, 6) is -0.317. The van der Waals surface area contributed by atoms with Crippen molar-refractivity contribution in [3.8, 4) is 11.5 Å². The number of halogens is 1. The minimum Gasteiger partial charge on any atom is -0.441 e. The number of anilines is 1. The third kappa shape index (κ3) is 2.86. The quantitative estimate of drug-likeness (QED) is 0.621. The van der Waals surface area contributed by atoms with Crippen LogP contribution in [0.25, 0.3) is 11.5 Å². The van der Waals surface area contributed by atoms with E-state index < -0.39 is 29.7 Å². The zero-order valence-corrected chi connectivity index (χ0v) is 15.9. The predicted octanol–water partition coefficient (Wildman–Crippen LogP) is 3.28. The van der Waals surface area contributed by atoms with Crippen LogP contribution in [0.3, 0.4) is 0 Å². The Morgan fingerprint density at radius 3 is 2.50 bits per heavy atom. The molecule has 0 N–H and O–H groups in total. The second-order valence-corrected chi connectivity index (χ2v) is 7.07. The summed E-state index contributed by atoms with van der Waals surface area (Å²) in [6.45, 7) is 1.95. The van der Waals surface area contributed by atoms with Crippen LogP contribution >= 0.6 is 0 Å². The first-order valence-corrected chi connectivity index (χ1v) is 9.35. The Morgan fingerprint density at radius 2 is 1.77 bits per heavy atom. The molecule has 3 aromatic rings. The van der Waals surface area contributed by atoms with E-state index in [0.29, 0.717) is 23.0 Å². The Labute approximate surface area is 170 Å². The van der Waals surface area contributed by atoms with Crippen molar-refractivity contribution >= 4 is 17.5 Å². The van der Waals surface area contributed by atoms with Gasteiger partial charge in [-0.15, -0.1) is 0 Å². The molecule has 9 heteroatoms. The summed E-state index contributed by atoms with van der Waals surface area (Å²) in [6.07, 6.45) is 0. The monoisotopic (exact) mass is 405 g/mol. The van der Waals surface area contributed by atoms with E-state index in [4.69, 9.17) is 4.42 Å². The smallest absolute Gasteiger partial charge is 0.263 e. The fourth-order valence-electron chi connectivity index (χ4n) is 3.63. The fourth-order valence-corrected chi connectivity index (χ4v) is 3.63. The fraction of sp³-hybridized carbons (Fsp3) is 0.190. The third-order valence-corrected chi connectivity index (χ3v) is 5.17. The van der Waals surface area contributed by atoms with Crippen molar-refractivity contribution in [3.63, 3.8) is 0 Å². The van der Waals surface area contributed by atoms with Crippen LogP contribution in [-0.2, 0) is 16.1 Å². The highest BCUT2D eigenvalue weighted by atomic mass is 19.1. The molecule has 0 saturated carbocycles. The molecule has 30 heavy (non-hydrogen) atoms. The molecule has 0 radical (unpaired) electrons. The van der Waals surface area contributed by atoms with Gasteiger partial charge in [0.2, 0.25) is 5.89 Å². The first-order chi connectivity index (χ1) is 14.5. The van der Waals surface area contributed by atoms with Gasteiger partial charge in [0.15, 0.2) is 12.1 Å². The maximum atomic E-state index is 13.2. The zero-order chi connectivity index (χ0) is 20.8. The van der Waals surface area contributed by atoms with Gasteiger partial charge in [-0.3, -0.25) is 14.6 Å². The molecule has 0 aliphatic carbocycles. The SMILES string of the molecule is Cc1oc(-c2ccccc2)nc1CN1N=N[C@H]2C(=O)N(c3ccc(F)cc3)C(=O)[C@H]21. The number of hydrogen-bond acceptors (Lipinski definition) is 7. The molecular formula is C21H16FN5O3. The summed E-state index contributed by atoms with van der Waals surface area (Å²) < 4.78 is 19.0. The van der Waals surface area contributed by atoms with Gasteiger partial charge in [-0.05, 0) is 43.3 Å². The maximum absolute atomic E-state index is 13.2. The number of amides is 2. The summed E-state index contributed by atoms with van der Waals surface area (Å²) in [5.41, 5.74) is 1.75. The molecule has 0 unspecified atom stereocenters. The number of aryl methyl sites for hydroxylation is 1. The topological polar surface area (TPSA) is 91.4 Å². The molecule has 1 aromatic heterocycles. The third-order valence-electron chi connectivity index (χ3n) is 5.17. The largest absolute Gasteiger partial charge is 0.441 e. The minimum atomic E-state index is -0.927. The van der Waals surface area contributed by atoms with Gasteiger partial charge < -0.3 is 4.42 Å². The summed E-state index contributed by atoms with van der Waals surface area (Å²) in [4.78, 5) is 31.3. The average molecular weight is 405 g/mol. The lowest BCUT2D eigenvalue weighted by atomic mass is 10.1. The first-order valence-electron chi connectivity index (χ1n) is 9.35. The number of carbonyl (C=O) groups is 2. The molecule has 1 fully saturated rings. The highest BCUT2D eigenvalue weighted by Crippen LogP contribution is 2.33. The van der Waals surface area contributed by atoms with Crippen LogP contribution in [0, 0.1) is 12.7 Å². The number of imide groups is 1. The number of hydrogen-bond donors (Lipinski definition) is 0. The van der Waals surface area contributed by atoms with Crippen molar-refractivity contribution in [3.05, 3.63) is 71.9 Å². The van der Waals surface area contributed by atoms with E-state index in [1.165, 1.54) is 29.3 Å². The summed E-state index contributed by atoms with van der Waals surface area (Å²) in [7, 11) is 0. The molecule has 2 aromatic carbocycles. The van der Waals surface area contributed by atoms with E-state index in [9.17, 15) is 14.0 Å². The van der Waals surface area contributed by atoms with E-state index >= 15 is 0 Å². The van der Waals surface area contributed by atoms with Gasteiger partial charge in [0.1, 0.15) is 17.3 Å². The molecule has 0 spiro atoms. The lowest BCUT2D eigenvalue weighted by molar-refractivity contribution is -0.123. The van der Waals surface area contributed by atoms with Crippen LogP contribution in [0.2, 0.25) is 0 Å². The minimum absolute atomic E-state index is 0.170. The Balaban J connectivity index is 1.40. The van der Waals surface area contributed by atoms with E-state index in [0.717, 1.165) is 10.5 Å². The van der Waals surface area contributed by atoms with Crippen molar-refractivity contribution < 1.29 is 18.4 Å². The number of fused-ring (bicyclic) bond motifs is 1. The van der Waals surface area contributed by atoms with Crippen LogP contribution in [0.15, 0.2) is 69.4 Å². The van der Waals surface area contributed by atoms with E-state index in [1.54, 1.807) is 6.92 Å². The zero-order valence-electron chi connectivity index (χ0n) is 15.9. The van der Waals surface area contributed by atoms with Crippen molar-refractivity contribution in [2.45, 2.75) is 25.6 Å². The molecule has 150 valence electrons. The number of benzene rings is 2. The first kappa shape index (κ1) is 18.2. The second-order valence-electron chi connectivity index (χ2n) is 7.07. The van der Waals surface area contributed by atoms with Gasteiger partial charge in [0, 0.05) is 5.56 Å². The Kier molecular flexibility index (Phi) is 4.16. The predicted molar refractivity (Wildman–Crippen MR) is 104 cm³/mol. The number of oxazole rings is 1. The summed E-state index contributed by atoms with van der Waals surface area (Å²) in [5, 5.41) is 9.48. The molecule has 2 aliphatic rings. The molecule has 2 atom stereocenters. The van der Waals surface area contributed by atoms with Gasteiger partial charge in [0.05, 0.1) is 12.2 Å².